The van der Waals surface area contributed by atoms with Crippen LogP contribution in [0.3, 0.4) is 0 Å². The number of esters is 1. The van der Waals surface area contributed by atoms with E-state index < -0.39 is 0 Å². The molecule has 1 aliphatic heterocycles. The van der Waals surface area contributed by atoms with E-state index in [9.17, 15) is 9.59 Å². The summed E-state index contributed by atoms with van der Waals surface area (Å²) in [5.41, 5.74) is 0. The second kappa shape index (κ2) is 8.91. The van der Waals surface area contributed by atoms with Crippen LogP contribution in [0.25, 0.3) is 0 Å². The predicted molar refractivity (Wildman–Crippen MR) is 71.7 cm³/mol. The van der Waals surface area contributed by atoms with Crippen molar-refractivity contribution in [3.05, 3.63) is 0 Å². The van der Waals surface area contributed by atoms with Gasteiger partial charge < -0.3 is 14.4 Å². The van der Waals surface area contributed by atoms with Crippen molar-refractivity contribution in [2.24, 2.45) is 0 Å². The van der Waals surface area contributed by atoms with Crippen molar-refractivity contribution in [3.63, 3.8) is 0 Å². The van der Waals surface area contributed by atoms with Gasteiger partial charge in [0, 0.05) is 13.2 Å². The maximum Gasteiger partial charge on any atom is 0.325 e. The molecule has 0 aromatic rings. The van der Waals surface area contributed by atoms with Crippen LogP contribution in [0.15, 0.2) is 0 Å². The standard InChI is InChI=1S/C14H25NO4/c1-3-8-15(11-14(17)18-4-2)13(16)10-12-7-5-6-9-19-12/h12H,3-11H2,1-2H3. The van der Waals surface area contributed by atoms with Gasteiger partial charge >= 0.3 is 5.97 Å². The Kier molecular flexibility index (Phi) is 7.48. The number of hydrogen-bond donors (Lipinski definition) is 0. The average Bonchev–Trinajstić information content (AvgIpc) is 2.39. The molecule has 1 aliphatic rings. The third-order valence-electron chi connectivity index (χ3n) is 3.15. The van der Waals surface area contributed by atoms with Crippen molar-refractivity contribution in [2.75, 3.05) is 26.3 Å². The lowest BCUT2D eigenvalue weighted by molar-refractivity contribution is -0.150. The highest BCUT2D eigenvalue weighted by molar-refractivity contribution is 5.82. The fraction of sp³-hybridized carbons (Fsp3) is 0.857. The second-order valence-corrected chi connectivity index (χ2v) is 4.81. The van der Waals surface area contributed by atoms with Crippen molar-refractivity contribution < 1.29 is 19.1 Å². The molecule has 110 valence electrons. The van der Waals surface area contributed by atoms with Gasteiger partial charge in [0.2, 0.25) is 5.91 Å². The first-order valence-electron chi connectivity index (χ1n) is 7.22. The number of hydrogen-bond acceptors (Lipinski definition) is 4. The fourth-order valence-corrected chi connectivity index (χ4v) is 2.22. The molecule has 1 rings (SSSR count). The maximum atomic E-state index is 12.2. The quantitative estimate of drug-likeness (QED) is 0.662. The number of carbonyl (C=O) groups excluding carboxylic acids is 2. The zero-order valence-corrected chi connectivity index (χ0v) is 12.0. The van der Waals surface area contributed by atoms with Crippen LogP contribution in [-0.4, -0.2) is 49.2 Å². The highest BCUT2D eigenvalue weighted by atomic mass is 16.5. The van der Waals surface area contributed by atoms with Gasteiger partial charge in [0.1, 0.15) is 6.54 Å². The molecule has 1 heterocycles. The van der Waals surface area contributed by atoms with Crippen LogP contribution in [0.2, 0.25) is 0 Å². The van der Waals surface area contributed by atoms with Crippen molar-refractivity contribution >= 4 is 11.9 Å². The lowest BCUT2D eigenvalue weighted by Gasteiger charge is -2.26. The summed E-state index contributed by atoms with van der Waals surface area (Å²) in [6.07, 6.45) is 4.35. The Morgan fingerprint density at radius 1 is 1.32 bits per heavy atom. The van der Waals surface area contributed by atoms with Crippen LogP contribution < -0.4 is 0 Å². The molecule has 1 fully saturated rings. The molecule has 5 heteroatoms. The molecular formula is C14H25NO4. The first kappa shape index (κ1) is 16.0. The van der Waals surface area contributed by atoms with Crippen LogP contribution in [0, 0.1) is 0 Å². The van der Waals surface area contributed by atoms with Crippen LogP contribution in [0.5, 0.6) is 0 Å². The summed E-state index contributed by atoms with van der Waals surface area (Å²) in [6.45, 7) is 5.47. The maximum absolute atomic E-state index is 12.2. The predicted octanol–water partition coefficient (Wildman–Crippen LogP) is 1.75. The van der Waals surface area contributed by atoms with Gasteiger partial charge in [-0.1, -0.05) is 6.92 Å². The van der Waals surface area contributed by atoms with Crippen molar-refractivity contribution in [3.8, 4) is 0 Å². The van der Waals surface area contributed by atoms with E-state index in [1.54, 1.807) is 11.8 Å². The minimum atomic E-state index is -0.339. The Balaban J connectivity index is 2.44. The number of nitrogens with zero attached hydrogens (tertiary/aromatic N) is 1. The molecular weight excluding hydrogens is 246 g/mol. The minimum absolute atomic E-state index is 0.0122. The molecule has 0 bridgehead atoms. The molecule has 19 heavy (non-hydrogen) atoms. The van der Waals surface area contributed by atoms with Crippen LogP contribution in [-0.2, 0) is 19.1 Å². The van der Waals surface area contributed by atoms with Gasteiger partial charge in [0.25, 0.3) is 0 Å². The van der Waals surface area contributed by atoms with E-state index in [0.717, 1.165) is 32.3 Å². The summed E-state index contributed by atoms with van der Waals surface area (Å²) < 4.78 is 10.5. The zero-order chi connectivity index (χ0) is 14.1. The van der Waals surface area contributed by atoms with Gasteiger partial charge in [-0.3, -0.25) is 9.59 Å². The molecule has 5 nitrogen and oxygen atoms in total. The molecule has 0 N–H and O–H groups in total. The third-order valence-corrected chi connectivity index (χ3v) is 3.15. The molecule has 1 amide bonds. The monoisotopic (exact) mass is 271 g/mol. The SMILES string of the molecule is CCCN(CC(=O)OCC)C(=O)CC1CCCCO1. The minimum Gasteiger partial charge on any atom is -0.465 e. The Hall–Kier alpha value is -1.10. The van der Waals surface area contributed by atoms with Gasteiger partial charge in [0.15, 0.2) is 0 Å². The van der Waals surface area contributed by atoms with E-state index in [2.05, 4.69) is 0 Å². The van der Waals surface area contributed by atoms with E-state index in [1.165, 1.54) is 0 Å². The first-order chi connectivity index (χ1) is 9.17. The lowest BCUT2D eigenvalue weighted by Crippen LogP contribution is -2.39. The Morgan fingerprint density at radius 3 is 2.68 bits per heavy atom. The van der Waals surface area contributed by atoms with E-state index in [1.807, 2.05) is 6.92 Å². The highest BCUT2D eigenvalue weighted by Crippen LogP contribution is 2.16. The Labute approximate surface area is 115 Å². The molecule has 0 aliphatic carbocycles. The normalized spacial score (nSPS) is 18.9. The molecule has 0 saturated carbocycles. The van der Waals surface area contributed by atoms with Crippen molar-refractivity contribution in [1.82, 2.24) is 4.90 Å². The van der Waals surface area contributed by atoms with Gasteiger partial charge in [0.05, 0.1) is 19.1 Å². The number of carbonyl (C=O) groups is 2. The van der Waals surface area contributed by atoms with Crippen LogP contribution >= 0.6 is 0 Å². The van der Waals surface area contributed by atoms with E-state index in [0.29, 0.717) is 19.6 Å². The smallest absolute Gasteiger partial charge is 0.325 e. The van der Waals surface area contributed by atoms with Gasteiger partial charge in [-0.05, 0) is 32.6 Å². The first-order valence-corrected chi connectivity index (χ1v) is 7.22. The van der Waals surface area contributed by atoms with E-state index in [-0.39, 0.29) is 24.5 Å². The molecule has 1 unspecified atom stereocenters. The van der Waals surface area contributed by atoms with E-state index >= 15 is 0 Å². The number of amides is 1. The number of ether oxygens (including phenoxy) is 2. The average molecular weight is 271 g/mol. The zero-order valence-electron chi connectivity index (χ0n) is 12.0. The van der Waals surface area contributed by atoms with Crippen molar-refractivity contribution in [2.45, 2.75) is 52.1 Å². The molecule has 0 aromatic heterocycles. The van der Waals surface area contributed by atoms with Crippen molar-refractivity contribution in [1.29, 1.82) is 0 Å². The summed E-state index contributed by atoms with van der Waals surface area (Å²) >= 11 is 0. The lowest BCUT2D eigenvalue weighted by atomic mass is 10.1. The summed E-state index contributed by atoms with van der Waals surface area (Å²) in [5, 5.41) is 0. The van der Waals surface area contributed by atoms with Gasteiger partial charge in [-0.2, -0.15) is 0 Å². The molecule has 0 spiro atoms. The summed E-state index contributed by atoms with van der Waals surface area (Å²) in [5.74, 6) is -0.351. The Morgan fingerprint density at radius 2 is 2.11 bits per heavy atom. The largest absolute Gasteiger partial charge is 0.465 e. The fourth-order valence-electron chi connectivity index (χ4n) is 2.22. The highest BCUT2D eigenvalue weighted by Gasteiger charge is 2.23. The molecule has 0 radical (unpaired) electrons. The molecule has 0 aromatic carbocycles. The number of rotatable bonds is 7. The third kappa shape index (κ3) is 6.05. The molecule has 1 atom stereocenters. The Bertz CT molecular complexity index is 287. The summed E-state index contributed by atoms with van der Waals surface area (Å²) in [4.78, 5) is 25.2. The summed E-state index contributed by atoms with van der Waals surface area (Å²) in [7, 11) is 0. The van der Waals surface area contributed by atoms with Crippen LogP contribution in [0.1, 0.15) is 46.0 Å². The molecule has 1 saturated heterocycles. The van der Waals surface area contributed by atoms with Gasteiger partial charge in [-0.15, -0.1) is 0 Å². The topological polar surface area (TPSA) is 55.8 Å². The second-order valence-electron chi connectivity index (χ2n) is 4.81. The van der Waals surface area contributed by atoms with Crippen LogP contribution in [0.4, 0.5) is 0 Å². The summed E-state index contributed by atoms with van der Waals surface area (Å²) in [6, 6.07) is 0. The van der Waals surface area contributed by atoms with E-state index in [4.69, 9.17) is 9.47 Å². The van der Waals surface area contributed by atoms with Gasteiger partial charge in [-0.25, -0.2) is 0 Å².